The van der Waals surface area contributed by atoms with Gasteiger partial charge in [0.1, 0.15) is 22.7 Å². The van der Waals surface area contributed by atoms with E-state index in [0.29, 0.717) is 22.6 Å². The molecule has 0 saturated carbocycles. The summed E-state index contributed by atoms with van der Waals surface area (Å²) in [5.41, 5.74) is 2.68. The van der Waals surface area contributed by atoms with Gasteiger partial charge in [-0.25, -0.2) is 4.79 Å². The Morgan fingerprint density at radius 2 is 1.31 bits per heavy atom. The monoisotopic (exact) mass is 422 g/mol. The van der Waals surface area contributed by atoms with Gasteiger partial charge in [0.15, 0.2) is 12.4 Å². The SMILES string of the molecule is O=C(COc1ccc(C(=O)c2ccccc2)cc1)Oc1ccc2oc3ccccc3c2c1. The Morgan fingerprint density at radius 3 is 2.12 bits per heavy atom. The summed E-state index contributed by atoms with van der Waals surface area (Å²) in [7, 11) is 0. The highest BCUT2D eigenvalue weighted by Crippen LogP contribution is 2.31. The van der Waals surface area contributed by atoms with E-state index in [9.17, 15) is 9.59 Å². The van der Waals surface area contributed by atoms with Crippen LogP contribution >= 0.6 is 0 Å². The molecule has 0 saturated heterocycles. The molecule has 4 aromatic carbocycles. The van der Waals surface area contributed by atoms with Crippen LogP contribution in [0.25, 0.3) is 21.9 Å². The summed E-state index contributed by atoms with van der Waals surface area (Å²) in [4.78, 5) is 24.7. The first-order chi connectivity index (χ1) is 15.7. The summed E-state index contributed by atoms with van der Waals surface area (Å²) < 4.78 is 16.7. The third-order valence-electron chi connectivity index (χ3n) is 5.09. The van der Waals surface area contributed by atoms with Crippen molar-refractivity contribution in [3.63, 3.8) is 0 Å². The van der Waals surface area contributed by atoms with Crippen LogP contribution in [0.3, 0.4) is 0 Å². The van der Waals surface area contributed by atoms with Crippen molar-refractivity contribution in [3.05, 3.63) is 108 Å². The van der Waals surface area contributed by atoms with Gasteiger partial charge in [-0.15, -0.1) is 0 Å². The third kappa shape index (κ3) is 3.96. The van der Waals surface area contributed by atoms with E-state index in [4.69, 9.17) is 13.9 Å². The summed E-state index contributed by atoms with van der Waals surface area (Å²) in [5, 5.41) is 1.84. The molecule has 1 aromatic heterocycles. The van der Waals surface area contributed by atoms with E-state index >= 15 is 0 Å². The second-order valence-corrected chi connectivity index (χ2v) is 7.24. The molecule has 0 bridgehead atoms. The topological polar surface area (TPSA) is 65.7 Å². The number of hydrogen-bond donors (Lipinski definition) is 0. The zero-order valence-corrected chi connectivity index (χ0v) is 17.0. The number of para-hydroxylation sites is 1. The molecule has 5 heteroatoms. The molecule has 5 rings (SSSR count). The fraction of sp³-hybridized carbons (Fsp3) is 0.0370. The van der Waals surface area contributed by atoms with Crippen molar-refractivity contribution in [2.75, 3.05) is 6.61 Å². The molecule has 0 unspecified atom stereocenters. The molecule has 0 spiro atoms. The highest BCUT2D eigenvalue weighted by Gasteiger charge is 2.12. The number of hydrogen-bond acceptors (Lipinski definition) is 5. The minimum absolute atomic E-state index is 0.0706. The molecule has 0 aliphatic carbocycles. The molecule has 0 radical (unpaired) electrons. The van der Waals surface area contributed by atoms with Crippen molar-refractivity contribution in [3.8, 4) is 11.5 Å². The molecule has 0 atom stereocenters. The van der Waals surface area contributed by atoms with Crippen LogP contribution in [0.2, 0.25) is 0 Å². The maximum atomic E-state index is 12.5. The Kier molecular flexibility index (Phi) is 5.14. The maximum Gasteiger partial charge on any atom is 0.349 e. The number of benzene rings is 4. The van der Waals surface area contributed by atoms with Crippen LogP contribution in [0.5, 0.6) is 11.5 Å². The molecule has 5 nitrogen and oxygen atoms in total. The van der Waals surface area contributed by atoms with E-state index in [1.807, 2.05) is 42.5 Å². The maximum absolute atomic E-state index is 12.5. The average molecular weight is 422 g/mol. The van der Waals surface area contributed by atoms with Crippen molar-refractivity contribution in [1.82, 2.24) is 0 Å². The number of fused-ring (bicyclic) bond motifs is 3. The van der Waals surface area contributed by atoms with Gasteiger partial charge >= 0.3 is 5.97 Å². The first-order valence-electron chi connectivity index (χ1n) is 10.1. The van der Waals surface area contributed by atoms with E-state index < -0.39 is 5.97 Å². The van der Waals surface area contributed by atoms with E-state index in [0.717, 1.165) is 21.9 Å². The Hall–Kier alpha value is -4.38. The molecule has 0 aliphatic rings. The number of carbonyl (C=O) groups excluding carboxylic acids is 2. The van der Waals surface area contributed by atoms with Gasteiger partial charge in [0, 0.05) is 21.9 Å². The first-order valence-corrected chi connectivity index (χ1v) is 10.1. The third-order valence-corrected chi connectivity index (χ3v) is 5.09. The number of ketones is 1. The first kappa shape index (κ1) is 19.6. The second-order valence-electron chi connectivity index (χ2n) is 7.24. The van der Waals surface area contributed by atoms with Gasteiger partial charge in [0.25, 0.3) is 0 Å². The van der Waals surface area contributed by atoms with E-state index in [1.165, 1.54) is 0 Å². The molecule has 0 aliphatic heterocycles. The van der Waals surface area contributed by atoms with E-state index in [1.54, 1.807) is 54.6 Å². The molecule has 5 aromatic rings. The smallest absolute Gasteiger partial charge is 0.349 e. The van der Waals surface area contributed by atoms with Crippen LogP contribution in [0.15, 0.2) is 101 Å². The van der Waals surface area contributed by atoms with E-state index in [-0.39, 0.29) is 12.4 Å². The van der Waals surface area contributed by atoms with Crippen LogP contribution in [0.1, 0.15) is 15.9 Å². The van der Waals surface area contributed by atoms with Crippen molar-refractivity contribution >= 4 is 33.7 Å². The number of furan rings is 1. The predicted octanol–water partition coefficient (Wildman–Crippen LogP) is 5.80. The summed E-state index contributed by atoms with van der Waals surface area (Å²) in [6, 6.07) is 28.7. The number of ether oxygens (including phenoxy) is 2. The number of esters is 1. The minimum atomic E-state index is -0.526. The van der Waals surface area contributed by atoms with Crippen LogP contribution in [0.4, 0.5) is 0 Å². The molecule has 1 heterocycles. The summed E-state index contributed by atoms with van der Waals surface area (Å²) in [5.74, 6) is 0.296. The molecule has 0 N–H and O–H groups in total. The van der Waals surface area contributed by atoms with Crippen molar-refractivity contribution in [2.45, 2.75) is 0 Å². The quantitative estimate of drug-likeness (QED) is 0.197. The fourth-order valence-electron chi connectivity index (χ4n) is 3.53. The zero-order chi connectivity index (χ0) is 21.9. The summed E-state index contributed by atoms with van der Waals surface area (Å²) in [6.45, 7) is -0.254. The van der Waals surface area contributed by atoms with Crippen molar-refractivity contribution < 1.29 is 23.5 Å². The Labute approximate surface area is 183 Å². The van der Waals surface area contributed by atoms with Gasteiger partial charge in [0.05, 0.1) is 0 Å². The summed E-state index contributed by atoms with van der Waals surface area (Å²) >= 11 is 0. The van der Waals surface area contributed by atoms with E-state index in [2.05, 4.69) is 0 Å². The molecular weight excluding hydrogens is 404 g/mol. The Balaban J connectivity index is 1.22. The molecular formula is C27H18O5. The Morgan fingerprint density at radius 1 is 0.656 bits per heavy atom. The standard InChI is InChI=1S/C27H18O5/c28-26(31-21-14-15-25-23(16-21)22-8-4-5-9-24(22)32-25)17-30-20-12-10-19(11-13-20)27(29)18-6-2-1-3-7-18/h1-16H,17H2. The molecule has 156 valence electrons. The fourth-order valence-corrected chi connectivity index (χ4v) is 3.53. The van der Waals surface area contributed by atoms with Crippen LogP contribution < -0.4 is 9.47 Å². The van der Waals surface area contributed by atoms with Gasteiger partial charge < -0.3 is 13.9 Å². The van der Waals surface area contributed by atoms with Gasteiger partial charge in [-0.1, -0.05) is 48.5 Å². The van der Waals surface area contributed by atoms with Gasteiger partial charge in [-0.3, -0.25) is 4.79 Å². The molecule has 0 amide bonds. The lowest BCUT2D eigenvalue weighted by molar-refractivity contribution is -0.136. The average Bonchev–Trinajstić information content (AvgIpc) is 3.21. The van der Waals surface area contributed by atoms with Crippen LogP contribution in [-0.2, 0) is 4.79 Å². The Bertz CT molecular complexity index is 1420. The highest BCUT2D eigenvalue weighted by atomic mass is 16.6. The van der Waals surface area contributed by atoms with Crippen LogP contribution in [-0.4, -0.2) is 18.4 Å². The van der Waals surface area contributed by atoms with Crippen molar-refractivity contribution in [1.29, 1.82) is 0 Å². The van der Waals surface area contributed by atoms with Gasteiger partial charge in [-0.05, 0) is 48.5 Å². The lowest BCUT2D eigenvalue weighted by Gasteiger charge is -2.08. The molecule has 32 heavy (non-hydrogen) atoms. The normalized spacial score (nSPS) is 10.9. The largest absolute Gasteiger partial charge is 0.482 e. The number of carbonyl (C=O) groups is 2. The van der Waals surface area contributed by atoms with Crippen LogP contribution in [0, 0.1) is 0 Å². The zero-order valence-electron chi connectivity index (χ0n) is 17.0. The minimum Gasteiger partial charge on any atom is -0.482 e. The van der Waals surface area contributed by atoms with Gasteiger partial charge in [0.2, 0.25) is 0 Å². The molecule has 0 fully saturated rings. The predicted molar refractivity (Wildman–Crippen MR) is 121 cm³/mol. The van der Waals surface area contributed by atoms with Crippen molar-refractivity contribution in [2.24, 2.45) is 0 Å². The highest BCUT2D eigenvalue weighted by molar-refractivity contribution is 6.09. The number of rotatable bonds is 6. The second kappa shape index (κ2) is 8.40. The summed E-state index contributed by atoms with van der Waals surface area (Å²) in [6.07, 6.45) is 0. The lowest BCUT2D eigenvalue weighted by Crippen LogP contribution is -2.17. The lowest BCUT2D eigenvalue weighted by atomic mass is 10.0. The van der Waals surface area contributed by atoms with Gasteiger partial charge in [-0.2, -0.15) is 0 Å².